The van der Waals surface area contributed by atoms with Crippen LogP contribution in [0.25, 0.3) is 5.57 Å². The quantitative estimate of drug-likeness (QED) is 0.666. The molecule has 1 aliphatic rings. The Labute approximate surface area is 121 Å². The summed E-state index contributed by atoms with van der Waals surface area (Å²) in [6.07, 6.45) is 5.21. The summed E-state index contributed by atoms with van der Waals surface area (Å²) in [5.41, 5.74) is 2.19. The molecule has 96 valence electrons. The number of benzene rings is 1. The first-order valence-electron chi connectivity index (χ1n) is 5.63. The molecule has 1 atom stereocenters. The van der Waals surface area contributed by atoms with Crippen LogP contribution in [0, 0.1) is 0 Å². The Morgan fingerprint density at radius 2 is 2.06 bits per heavy atom. The first kappa shape index (κ1) is 13.6. The van der Waals surface area contributed by atoms with E-state index in [2.05, 4.69) is 40.7 Å². The molecule has 0 aromatic heterocycles. The Morgan fingerprint density at radius 3 is 2.67 bits per heavy atom. The minimum atomic E-state index is 0.338. The minimum Gasteiger partial charge on any atom is -0.496 e. The lowest BCUT2D eigenvalue weighted by Gasteiger charge is -2.18. The summed E-state index contributed by atoms with van der Waals surface area (Å²) < 4.78 is 10.6. The van der Waals surface area contributed by atoms with Crippen LogP contribution < -0.4 is 4.74 Å². The number of alkyl halides is 1. The van der Waals surface area contributed by atoms with Gasteiger partial charge in [0, 0.05) is 15.3 Å². The van der Waals surface area contributed by atoms with E-state index in [9.17, 15) is 0 Å². The van der Waals surface area contributed by atoms with Crippen LogP contribution in [0.5, 0.6) is 5.75 Å². The zero-order chi connectivity index (χ0) is 13.1. The molecule has 0 N–H and O–H groups in total. The second-order valence-electron chi connectivity index (χ2n) is 3.99. The van der Waals surface area contributed by atoms with Gasteiger partial charge in [0.25, 0.3) is 0 Å². The molecule has 1 aromatic rings. The second-order valence-corrected chi connectivity index (χ2v) is 5.65. The molecule has 1 aromatic carbocycles. The maximum atomic E-state index is 5.43. The monoisotopic (exact) mass is 326 g/mol. The Balaban J connectivity index is 2.37. The number of thiol groups is 1. The highest BCUT2D eigenvalue weighted by molar-refractivity contribution is 9.09. The van der Waals surface area contributed by atoms with Crippen molar-refractivity contribution in [1.29, 1.82) is 0 Å². The summed E-state index contributed by atoms with van der Waals surface area (Å²) in [6.45, 7) is 0. The predicted molar refractivity (Wildman–Crippen MR) is 80.6 cm³/mol. The van der Waals surface area contributed by atoms with Crippen molar-refractivity contribution in [3.8, 4) is 5.75 Å². The van der Waals surface area contributed by atoms with Crippen molar-refractivity contribution in [2.24, 2.45) is 0 Å². The van der Waals surface area contributed by atoms with Crippen molar-refractivity contribution in [3.05, 3.63) is 41.7 Å². The van der Waals surface area contributed by atoms with Crippen LogP contribution in [0.1, 0.15) is 12.0 Å². The summed E-state index contributed by atoms with van der Waals surface area (Å²) in [4.78, 5) is 1.16. The standard InChI is InChI=1S/C14H15BrO2S/c1-16-12-6-3-9(7-14(12)18)11-5-4-10(15)8-13(11)17-2/h3,5-8,10,18H,4H2,1-2H3. The molecule has 2 nitrogen and oxygen atoms in total. The van der Waals surface area contributed by atoms with Gasteiger partial charge in [0.15, 0.2) is 0 Å². The van der Waals surface area contributed by atoms with Gasteiger partial charge in [-0.05, 0) is 30.2 Å². The van der Waals surface area contributed by atoms with E-state index in [0.717, 1.165) is 34.0 Å². The Kier molecular flexibility index (Phi) is 4.40. The van der Waals surface area contributed by atoms with Crippen LogP contribution in [0.15, 0.2) is 41.0 Å². The molecule has 0 amide bonds. The maximum Gasteiger partial charge on any atom is 0.132 e. The number of allylic oxidation sites excluding steroid dienone is 3. The van der Waals surface area contributed by atoms with Crippen LogP contribution in [-0.4, -0.2) is 19.0 Å². The zero-order valence-corrected chi connectivity index (χ0v) is 12.8. The van der Waals surface area contributed by atoms with E-state index in [0.29, 0.717) is 4.83 Å². The number of hydrogen-bond acceptors (Lipinski definition) is 3. The molecule has 0 bridgehead atoms. The number of halogens is 1. The van der Waals surface area contributed by atoms with Gasteiger partial charge in [-0.2, -0.15) is 0 Å². The molecule has 0 heterocycles. The van der Waals surface area contributed by atoms with E-state index in [-0.39, 0.29) is 0 Å². The van der Waals surface area contributed by atoms with Crippen molar-refractivity contribution in [2.45, 2.75) is 16.1 Å². The van der Waals surface area contributed by atoms with E-state index in [1.165, 1.54) is 0 Å². The van der Waals surface area contributed by atoms with Crippen LogP contribution >= 0.6 is 28.6 Å². The average molecular weight is 327 g/mol. The molecule has 0 aliphatic heterocycles. The number of methoxy groups -OCH3 is 2. The zero-order valence-electron chi connectivity index (χ0n) is 10.3. The Morgan fingerprint density at radius 1 is 1.28 bits per heavy atom. The van der Waals surface area contributed by atoms with Gasteiger partial charge in [-0.25, -0.2) is 0 Å². The largest absolute Gasteiger partial charge is 0.496 e. The van der Waals surface area contributed by atoms with Crippen molar-refractivity contribution in [3.63, 3.8) is 0 Å². The van der Waals surface area contributed by atoms with Gasteiger partial charge < -0.3 is 9.47 Å². The van der Waals surface area contributed by atoms with Crippen LogP contribution in [0.3, 0.4) is 0 Å². The highest BCUT2D eigenvalue weighted by Crippen LogP contribution is 2.34. The molecule has 4 heteroatoms. The second kappa shape index (κ2) is 5.85. The van der Waals surface area contributed by atoms with Gasteiger partial charge in [-0.1, -0.05) is 28.1 Å². The van der Waals surface area contributed by atoms with Gasteiger partial charge in [-0.15, -0.1) is 12.6 Å². The average Bonchev–Trinajstić information content (AvgIpc) is 2.38. The third-order valence-electron chi connectivity index (χ3n) is 2.85. The fraction of sp³-hybridized carbons (Fsp3) is 0.286. The van der Waals surface area contributed by atoms with E-state index < -0.39 is 0 Å². The van der Waals surface area contributed by atoms with Gasteiger partial charge in [0.05, 0.1) is 14.2 Å². The SMILES string of the molecule is COC1=CC(Br)CC=C1c1ccc(OC)c(S)c1. The minimum absolute atomic E-state index is 0.338. The molecule has 0 fully saturated rings. The highest BCUT2D eigenvalue weighted by atomic mass is 79.9. The summed E-state index contributed by atoms with van der Waals surface area (Å²) in [6, 6.07) is 5.94. The fourth-order valence-electron chi connectivity index (χ4n) is 1.95. The summed E-state index contributed by atoms with van der Waals surface area (Å²) in [5, 5.41) is 0. The normalized spacial score (nSPS) is 19.0. The van der Waals surface area contributed by atoms with Gasteiger partial charge in [0.1, 0.15) is 11.5 Å². The lowest BCUT2D eigenvalue weighted by atomic mass is 9.97. The molecular formula is C14H15BrO2S. The van der Waals surface area contributed by atoms with Crippen molar-refractivity contribution < 1.29 is 9.47 Å². The third kappa shape index (κ3) is 2.75. The third-order valence-corrected chi connectivity index (χ3v) is 3.84. The number of hydrogen-bond donors (Lipinski definition) is 1. The van der Waals surface area contributed by atoms with Crippen LogP contribution in [0.2, 0.25) is 0 Å². The smallest absolute Gasteiger partial charge is 0.132 e. The van der Waals surface area contributed by atoms with Gasteiger partial charge in [-0.3, -0.25) is 0 Å². The molecule has 0 saturated heterocycles. The molecular weight excluding hydrogens is 312 g/mol. The van der Waals surface area contributed by atoms with E-state index in [1.54, 1.807) is 14.2 Å². The lowest BCUT2D eigenvalue weighted by molar-refractivity contribution is 0.308. The fourth-order valence-corrected chi connectivity index (χ4v) is 2.68. The van der Waals surface area contributed by atoms with E-state index >= 15 is 0 Å². The van der Waals surface area contributed by atoms with E-state index in [4.69, 9.17) is 9.47 Å². The topological polar surface area (TPSA) is 18.5 Å². The van der Waals surface area contributed by atoms with Crippen LogP contribution in [0.4, 0.5) is 0 Å². The van der Waals surface area contributed by atoms with Gasteiger partial charge >= 0.3 is 0 Å². The lowest BCUT2D eigenvalue weighted by Crippen LogP contribution is -2.04. The Bertz CT molecular complexity index is 509. The van der Waals surface area contributed by atoms with Crippen molar-refractivity contribution in [1.82, 2.24) is 0 Å². The number of ether oxygens (including phenoxy) is 2. The molecule has 2 rings (SSSR count). The molecule has 0 saturated carbocycles. The van der Waals surface area contributed by atoms with Crippen molar-refractivity contribution in [2.75, 3.05) is 14.2 Å². The summed E-state index contributed by atoms with van der Waals surface area (Å²) in [7, 11) is 3.33. The number of rotatable bonds is 3. The predicted octanol–water partition coefficient (Wildman–Crippen LogP) is 4.06. The molecule has 0 radical (unpaired) electrons. The Hall–Kier alpha value is -0.870. The summed E-state index contributed by atoms with van der Waals surface area (Å²) >= 11 is 7.99. The van der Waals surface area contributed by atoms with Gasteiger partial charge in [0.2, 0.25) is 0 Å². The first-order chi connectivity index (χ1) is 8.65. The molecule has 1 unspecified atom stereocenters. The highest BCUT2D eigenvalue weighted by Gasteiger charge is 2.16. The maximum absolute atomic E-state index is 5.43. The molecule has 1 aliphatic carbocycles. The van der Waals surface area contributed by atoms with E-state index in [1.807, 2.05) is 18.2 Å². The van der Waals surface area contributed by atoms with Crippen LogP contribution in [-0.2, 0) is 4.74 Å². The summed E-state index contributed by atoms with van der Waals surface area (Å²) in [5.74, 6) is 1.67. The molecule has 0 spiro atoms. The first-order valence-corrected chi connectivity index (χ1v) is 6.99. The van der Waals surface area contributed by atoms with Crippen molar-refractivity contribution >= 4 is 34.1 Å². The molecule has 18 heavy (non-hydrogen) atoms.